The molecule has 0 bridgehead atoms. The lowest BCUT2D eigenvalue weighted by atomic mass is 9.95. The van der Waals surface area contributed by atoms with Gasteiger partial charge >= 0.3 is 0 Å². The highest BCUT2D eigenvalue weighted by molar-refractivity contribution is 7.25. The zero-order chi connectivity index (χ0) is 43.1. The third kappa shape index (κ3) is 7.28. The summed E-state index contributed by atoms with van der Waals surface area (Å²) in [6.07, 6.45) is 0. The molecule has 0 N–H and O–H groups in total. The maximum atomic E-state index is 2.40. The summed E-state index contributed by atoms with van der Waals surface area (Å²) in [5.74, 6) is 0. The number of hydrogen-bond acceptors (Lipinski definition) is 3. The largest absolute Gasteiger partial charge is 0.310 e. The van der Waals surface area contributed by atoms with Gasteiger partial charge in [-0.2, -0.15) is 0 Å². The van der Waals surface area contributed by atoms with E-state index in [-0.39, 0.29) is 0 Å². The van der Waals surface area contributed by atoms with Crippen molar-refractivity contribution in [1.29, 1.82) is 0 Å². The summed E-state index contributed by atoms with van der Waals surface area (Å²) in [4.78, 5) is 4.77. The molecule has 3 heteroatoms. The van der Waals surface area contributed by atoms with Crippen LogP contribution in [0.3, 0.4) is 0 Å². The van der Waals surface area contributed by atoms with Crippen molar-refractivity contribution in [3.63, 3.8) is 0 Å². The normalized spacial score (nSPS) is 11.4. The van der Waals surface area contributed by atoms with E-state index in [0.29, 0.717) is 0 Å². The van der Waals surface area contributed by atoms with Crippen LogP contribution in [-0.4, -0.2) is 0 Å². The molecule has 0 radical (unpaired) electrons. The Bertz CT molecular complexity index is 3480. The van der Waals surface area contributed by atoms with E-state index in [0.717, 1.165) is 45.3 Å². The Morgan fingerprint density at radius 2 is 0.662 bits per heavy atom. The topological polar surface area (TPSA) is 6.48 Å². The molecule has 11 aromatic carbocycles. The van der Waals surface area contributed by atoms with Gasteiger partial charge in [0.25, 0.3) is 0 Å². The molecule has 65 heavy (non-hydrogen) atoms. The molecular formula is C62H42N2S. The number of thiophene rings is 1. The summed E-state index contributed by atoms with van der Waals surface area (Å²) in [5, 5.41) is 7.68. The minimum absolute atomic E-state index is 1.06. The quantitative estimate of drug-likeness (QED) is 0.134. The zero-order valence-electron chi connectivity index (χ0n) is 35.6. The number of benzene rings is 11. The summed E-state index contributed by atoms with van der Waals surface area (Å²) < 4.78 is 2.65. The molecule has 0 aliphatic heterocycles. The van der Waals surface area contributed by atoms with Crippen molar-refractivity contribution in [3.8, 4) is 33.4 Å². The van der Waals surface area contributed by atoms with Crippen LogP contribution in [0.4, 0.5) is 34.1 Å². The first kappa shape index (κ1) is 38.4. The van der Waals surface area contributed by atoms with Crippen LogP contribution in [0, 0.1) is 0 Å². The standard InChI is InChI=1S/C62H42N2S/c1-5-15-43(16-6-1)45-27-32-53(33-28-45)63(51-19-9-3-10-20-51)55-38-50(39-56(41-55)64(52-21-11-4-12-22-52)54-34-29-46(30-35-54)44-17-7-2-8-18-44)47-31-36-57-48(37-47)25-26-49-40-60-58-23-13-14-24-61(58)65-62(60)42-59(49)57/h1-42H. The fourth-order valence-electron chi connectivity index (χ4n) is 9.40. The van der Waals surface area contributed by atoms with Gasteiger partial charge in [-0.1, -0.05) is 164 Å². The number of rotatable bonds is 9. The number of nitrogens with zero attached hydrogens (tertiary/aromatic N) is 2. The maximum Gasteiger partial charge on any atom is 0.0488 e. The van der Waals surface area contributed by atoms with Crippen LogP contribution in [-0.2, 0) is 0 Å². The summed E-state index contributed by atoms with van der Waals surface area (Å²) >= 11 is 1.88. The van der Waals surface area contributed by atoms with Crippen LogP contribution in [0.15, 0.2) is 255 Å². The molecule has 1 aromatic heterocycles. The number of anilines is 6. The minimum atomic E-state index is 1.06. The summed E-state index contributed by atoms with van der Waals surface area (Å²) in [6.45, 7) is 0. The highest BCUT2D eigenvalue weighted by Crippen LogP contribution is 2.45. The van der Waals surface area contributed by atoms with Gasteiger partial charge in [0.15, 0.2) is 0 Å². The lowest BCUT2D eigenvalue weighted by Gasteiger charge is -2.30. The molecule has 0 unspecified atom stereocenters. The molecule has 0 saturated carbocycles. The van der Waals surface area contributed by atoms with E-state index in [1.807, 2.05) is 11.3 Å². The molecule has 0 amide bonds. The molecule has 12 aromatic rings. The van der Waals surface area contributed by atoms with Gasteiger partial charge in [-0.05, 0) is 146 Å². The second-order valence-corrected chi connectivity index (χ2v) is 17.7. The van der Waals surface area contributed by atoms with E-state index < -0.39 is 0 Å². The van der Waals surface area contributed by atoms with Crippen molar-refractivity contribution < 1.29 is 0 Å². The van der Waals surface area contributed by atoms with Crippen molar-refractivity contribution in [1.82, 2.24) is 0 Å². The Hall–Kier alpha value is -8.24. The third-order valence-electron chi connectivity index (χ3n) is 12.6. The Morgan fingerprint density at radius 3 is 1.22 bits per heavy atom. The lowest BCUT2D eigenvalue weighted by Crippen LogP contribution is -2.13. The van der Waals surface area contributed by atoms with Crippen molar-refractivity contribution in [2.45, 2.75) is 0 Å². The average Bonchev–Trinajstić information content (AvgIpc) is 3.75. The van der Waals surface area contributed by atoms with Crippen LogP contribution in [0.5, 0.6) is 0 Å². The number of hydrogen-bond donors (Lipinski definition) is 0. The van der Waals surface area contributed by atoms with Gasteiger partial charge in [-0.15, -0.1) is 11.3 Å². The molecule has 0 saturated heterocycles. The number of fused-ring (bicyclic) bond motifs is 6. The van der Waals surface area contributed by atoms with Gasteiger partial charge in [0.05, 0.1) is 0 Å². The molecule has 12 rings (SSSR count). The molecular weight excluding hydrogens is 805 g/mol. The second kappa shape index (κ2) is 16.5. The van der Waals surface area contributed by atoms with Crippen molar-refractivity contribution in [2.24, 2.45) is 0 Å². The average molecular weight is 847 g/mol. The van der Waals surface area contributed by atoms with E-state index in [1.54, 1.807) is 0 Å². The first-order valence-corrected chi connectivity index (χ1v) is 23.0. The van der Waals surface area contributed by atoms with Gasteiger partial charge in [0, 0.05) is 54.3 Å². The summed E-state index contributed by atoms with van der Waals surface area (Å²) in [6, 6.07) is 92.7. The predicted octanol–water partition coefficient (Wildman–Crippen LogP) is 18.3. The van der Waals surface area contributed by atoms with E-state index in [2.05, 4.69) is 265 Å². The smallest absolute Gasteiger partial charge is 0.0488 e. The highest BCUT2D eigenvalue weighted by atomic mass is 32.1. The third-order valence-corrected chi connectivity index (χ3v) is 13.7. The molecule has 0 aliphatic rings. The van der Waals surface area contributed by atoms with Crippen LogP contribution in [0.1, 0.15) is 0 Å². The first-order chi connectivity index (χ1) is 32.2. The summed E-state index contributed by atoms with van der Waals surface area (Å²) in [5.41, 5.74) is 13.5. The van der Waals surface area contributed by atoms with E-state index in [9.17, 15) is 0 Å². The second-order valence-electron chi connectivity index (χ2n) is 16.6. The van der Waals surface area contributed by atoms with E-state index in [1.165, 1.54) is 64.0 Å². The minimum Gasteiger partial charge on any atom is -0.310 e. The molecule has 2 nitrogen and oxygen atoms in total. The SMILES string of the molecule is c1ccc(-c2ccc(N(c3ccccc3)c3cc(-c4ccc5c(ccc6cc7c(cc65)sc5ccccc57)c4)cc(N(c4ccccc4)c4ccc(-c5ccccc5)cc4)c3)cc2)cc1. The van der Waals surface area contributed by atoms with Crippen LogP contribution in [0.2, 0.25) is 0 Å². The van der Waals surface area contributed by atoms with E-state index >= 15 is 0 Å². The Kier molecular flexibility index (Phi) is 9.74. The van der Waals surface area contributed by atoms with Crippen molar-refractivity contribution in [2.75, 3.05) is 9.80 Å². The van der Waals surface area contributed by atoms with Crippen molar-refractivity contribution >= 4 is 87.2 Å². The lowest BCUT2D eigenvalue weighted by molar-refractivity contribution is 1.25. The van der Waals surface area contributed by atoms with Crippen LogP contribution in [0.25, 0.3) is 75.1 Å². The van der Waals surface area contributed by atoms with Gasteiger partial charge < -0.3 is 9.80 Å². The molecule has 306 valence electrons. The van der Waals surface area contributed by atoms with Gasteiger partial charge in [0.1, 0.15) is 0 Å². The van der Waals surface area contributed by atoms with Crippen LogP contribution >= 0.6 is 11.3 Å². The molecule has 0 atom stereocenters. The zero-order valence-corrected chi connectivity index (χ0v) is 36.4. The monoisotopic (exact) mass is 846 g/mol. The van der Waals surface area contributed by atoms with E-state index in [4.69, 9.17) is 0 Å². The van der Waals surface area contributed by atoms with Crippen molar-refractivity contribution in [3.05, 3.63) is 255 Å². The Labute approximate surface area is 383 Å². The first-order valence-electron chi connectivity index (χ1n) is 22.1. The van der Waals surface area contributed by atoms with Gasteiger partial charge in [-0.3, -0.25) is 0 Å². The maximum absolute atomic E-state index is 2.40. The number of para-hydroxylation sites is 2. The highest BCUT2D eigenvalue weighted by Gasteiger charge is 2.20. The molecule has 0 fully saturated rings. The molecule has 1 heterocycles. The summed E-state index contributed by atoms with van der Waals surface area (Å²) in [7, 11) is 0. The predicted molar refractivity (Wildman–Crippen MR) is 280 cm³/mol. The molecule has 0 aliphatic carbocycles. The van der Waals surface area contributed by atoms with Crippen LogP contribution < -0.4 is 9.80 Å². The molecule has 0 spiro atoms. The van der Waals surface area contributed by atoms with Gasteiger partial charge in [0.2, 0.25) is 0 Å². The fourth-order valence-corrected chi connectivity index (χ4v) is 10.5. The Morgan fingerprint density at radius 1 is 0.215 bits per heavy atom. The van der Waals surface area contributed by atoms with Gasteiger partial charge in [-0.25, -0.2) is 0 Å². The fraction of sp³-hybridized carbons (Fsp3) is 0. The Balaban J connectivity index is 1.05.